The average Bonchev–Trinajstić information content (AvgIpc) is 2.53. The average molecular weight is 420 g/mol. The van der Waals surface area contributed by atoms with E-state index in [4.69, 9.17) is 18.8 Å². The van der Waals surface area contributed by atoms with Gasteiger partial charge in [-0.05, 0) is 59.1 Å². The van der Waals surface area contributed by atoms with Crippen LogP contribution >= 0.6 is 0 Å². The molecule has 1 heterocycles. The zero-order valence-corrected chi connectivity index (χ0v) is 19.2. The van der Waals surface area contributed by atoms with Gasteiger partial charge in [-0.1, -0.05) is 19.9 Å². The molecule has 0 radical (unpaired) electrons. The number of amides is 2. The fraction of sp³-hybridized carbons (Fsp3) is 0.619. The molecule has 1 saturated heterocycles. The standard InChI is InChI=1S/C21H33BN2O6/c1-19(2,3)29-17(25)23-15-10-9-14(22-27-12-21(7,8)13-28-22)11-16(15)24-18(26)30-20(4,5)6/h9-11H,12-13H2,1-8H3,(H,23,25)(H,24,26). The minimum absolute atomic E-state index is 0.0632. The van der Waals surface area contributed by atoms with Crippen LogP contribution in [0.25, 0.3) is 0 Å². The molecule has 0 bridgehead atoms. The monoisotopic (exact) mass is 420 g/mol. The highest BCUT2D eigenvalue weighted by Crippen LogP contribution is 2.25. The molecule has 2 rings (SSSR count). The molecule has 1 aliphatic heterocycles. The Bertz CT molecular complexity index is 773. The third-order valence-electron chi connectivity index (χ3n) is 3.84. The SMILES string of the molecule is CC1(C)COB(c2ccc(NC(=O)OC(C)(C)C)c(NC(=O)OC(C)(C)C)c2)OC1. The fourth-order valence-corrected chi connectivity index (χ4v) is 2.63. The lowest BCUT2D eigenvalue weighted by Gasteiger charge is -2.33. The maximum absolute atomic E-state index is 12.3. The minimum Gasteiger partial charge on any atom is -0.444 e. The summed E-state index contributed by atoms with van der Waals surface area (Å²) in [5.41, 5.74) is 0.0544. The number of anilines is 2. The van der Waals surface area contributed by atoms with E-state index in [2.05, 4.69) is 24.5 Å². The second-order valence-corrected chi connectivity index (χ2v) is 10.2. The Morgan fingerprint density at radius 1 is 0.900 bits per heavy atom. The van der Waals surface area contributed by atoms with Crippen molar-refractivity contribution >= 4 is 36.1 Å². The molecule has 0 spiro atoms. The molecule has 30 heavy (non-hydrogen) atoms. The van der Waals surface area contributed by atoms with Gasteiger partial charge < -0.3 is 18.8 Å². The van der Waals surface area contributed by atoms with Gasteiger partial charge in [0, 0.05) is 18.6 Å². The van der Waals surface area contributed by atoms with E-state index in [1.54, 1.807) is 59.7 Å². The zero-order chi connectivity index (χ0) is 22.7. The maximum Gasteiger partial charge on any atom is 0.493 e. The van der Waals surface area contributed by atoms with E-state index in [1.807, 2.05) is 0 Å². The Morgan fingerprint density at radius 2 is 1.37 bits per heavy atom. The molecule has 2 amide bonds. The number of ether oxygens (including phenoxy) is 2. The van der Waals surface area contributed by atoms with Gasteiger partial charge in [0.25, 0.3) is 0 Å². The predicted molar refractivity (Wildman–Crippen MR) is 117 cm³/mol. The van der Waals surface area contributed by atoms with Crippen molar-refractivity contribution in [3.63, 3.8) is 0 Å². The number of rotatable bonds is 3. The summed E-state index contributed by atoms with van der Waals surface area (Å²) in [7, 11) is -0.562. The molecule has 0 atom stereocenters. The second-order valence-electron chi connectivity index (χ2n) is 10.2. The smallest absolute Gasteiger partial charge is 0.444 e. The molecular formula is C21H33BN2O6. The normalized spacial score (nSPS) is 16.6. The van der Waals surface area contributed by atoms with Crippen LogP contribution in [0, 0.1) is 5.41 Å². The van der Waals surface area contributed by atoms with Gasteiger partial charge in [-0.2, -0.15) is 0 Å². The van der Waals surface area contributed by atoms with E-state index in [0.717, 1.165) is 0 Å². The summed E-state index contributed by atoms with van der Waals surface area (Å²) in [6.45, 7) is 15.9. The van der Waals surface area contributed by atoms with Gasteiger partial charge in [-0.25, -0.2) is 9.59 Å². The van der Waals surface area contributed by atoms with Crippen molar-refractivity contribution in [3.05, 3.63) is 18.2 Å². The Kier molecular flexibility index (Phi) is 7.09. The van der Waals surface area contributed by atoms with Crippen molar-refractivity contribution in [2.24, 2.45) is 5.41 Å². The van der Waals surface area contributed by atoms with E-state index in [0.29, 0.717) is 30.1 Å². The van der Waals surface area contributed by atoms with Gasteiger partial charge in [-0.3, -0.25) is 10.6 Å². The first-order chi connectivity index (χ1) is 13.6. The molecule has 166 valence electrons. The van der Waals surface area contributed by atoms with E-state index >= 15 is 0 Å². The molecule has 0 aromatic heterocycles. The van der Waals surface area contributed by atoms with Crippen LogP contribution in [0.2, 0.25) is 0 Å². The molecule has 9 heteroatoms. The van der Waals surface area contributed by atoms with Crippen molar-refractivity contribution < 1.29 is 28.4 Å². The quantitative estimate of drug-likeness (QED) is 0.714. The first-order valence-electron chi connectivity index (χ1n) is 10.0. The van der Waals surface area contributed by atoms with Gasteiger partial charge in [-0.15, -0.1) is 0 Å². The number of nitrogens with one attached hydrogen (secondary N) is 2. The summed E-state index contributed by atoms with van der Waals surface area (Å²) >= 11 is 0. The van der Waals surface area contributed by atoms with E-state index < -0.39 is 30.5 Å². The third-order valence-corrected chi connectivity index (χ3v) is 3.84. The topological polar surface area (TPSA) is 95.1 Å². The van der Waals surface area contributed by atoms with Crippen LogP contribution in [0.5, 0.6) is 0 Å². The molecule has 1 aromatic rings. The first-order valence-corrected chi connectivity index (χ1v) is 10.0. The maximum atomic E-state index is 12.3. The lowest BCUT2D eigenvalue weighted by molar-refractivity contribution is 0.0343. The van der Waals surface area contributed by atoms with Gasteiger partial charge in [0.05, 0.1) is 11.4 Å². The van der Waals surface area contributed by atoms with Crippen LogP contribution in [0.15, 0.2) is 18.2 Å². The lowest BCUT2D eigenvalue weighted by Crippen LogP contribution is -2.47. The number of hydrogen-bond acceptors (Lipinski definition) is 6. The lowest BCUT2D eigenvalue weighted by atomic mass is 9.75. The van der Waals surface area contributed by atoms with Crippen LogP contribution < -0.4 is 16.1 Å². The van der Waals surface area contributed by atoms with Crippen molar-refractivity contribution in [2.75, 3.05) is 23.8 Å². The van der Waals surface area contributed by atoms with Gasteiger partial charge >= 0.3 is 19.3 Å². The molecular weight excluding hydrogens is 387 g/mol. The van der Waals surface area contributed by atoms with Gasteiger partial charge in [0.15, 0.2) is 0 Å². The summed E-state index contributed by atoms with van der Waals surface area (Å²) < 4.78 is 22.3. The van der Waals surface area contributed by atoms with Crippen LogP contribution in [0.3, 0.4) is 0 Å². The molecule has 1 aliphatic rings. The van der Waals surface area contributed by atoms with Crippen LogP contribution in [-0.2, 0) is 18.8 Å². The number of hydrogen-bond donors (Lipinski definition) is 2. The highest BCUT2D eigenvalue weighted by Gasteiger charge is 2.34. The Balaban J connectivity index is 2.25. The summed E-state index contributed by atoms with van der Waals surface area (Å²) in [6.07, 6.45) is -1.27. The van der Waals surface area contributed by atoms with Gasteiger partial charge in [0.1, 0.15) is 11.2 Å². The van der Waals surface area contributed by atoms with E-state index in [1.165, 1.54) is 0 Å². The molecule has 0 aliphatic carbocycles. The molecule has 0 unspecified atom stereocenters. The zero-order valence-electron chi connectivity index (χ0n) is 19.2. The Labute approximate surface area is 179 Å². The summed E-state index contributed by atoms with van der Waals surface area (Å²) in [6, 6.07) is 5.13. The minimum atomic E-state index is -0.665. The third kappa shape index (κ3) is 7.87. The Hall–Kier alpha value is -2.26. The van der Waals surface area contributed by atoms with Crippen LogP contribution in [0.4, 0.5) is 21.0 Å². The summed E-state index contributed by atoms with van der Waals surface area (Å²) in [4.78, 5) is 24.6. The summed E-state index contributed by atoms with van der Waals surface area (Å²) in [5, 5.41) is 5.35. The van der Waals surface area contributed by atoms with Crippen molar-refractivity contribution in [1.82, 2.24) is 0 Å². The highest BCUT2D eigenvalue weighted by molar-refractivity contribution is 6.61. The molecule has 0 saturated carbocycles. The molecule has 8 nitrogen and oxygen atoms in total. The predicted octanol–water partition coefficient (Wildman–Crippen LogP) is 4.15. The number of carbonyl (C=O) groups is 2. The Morgan fingerprint density at radius 3 is 1.83 bits per heavy atom. The van der Waals surface area contributed by atoms with E-state index in [9.17, 15) is 9.59 Å². The van der Waals surface area contributed by atoms with E-state index in [-0.39, 0.29) is 5.41 Å². The molecule has 2 N–H and O–H groups in total. The summed E-state index contributed by atoms with van der Waals surface area (Å²) in [5.74, 6) is 0. The highest BCUT2D eigenvalue weighted by atomic mass is 16.6. The second kappa shape index (κ2) is 8.85. The van der Waals surface area contributed by atoms with Crippen molar-refractivity contribution in [2.45, 2.75) is 66.6 Å². The number of benzene rings is 1. The first kappa shape index (κ1) is 24.0. The van der Waals surface area contributed by atoms with Crippen LogP contribution in [0.1, 0.15) is 55.4 Å². The van der Waals surface area contributed by atoms with Crippen molar-refractivity contribution in [3.8, 4) is 0 Å². The molecule has 1 aromatic carbocycles. The largest absolute Gasteiger partial charge is 0.493 e. The number of carbonyl (C=O) groups excluding carboxylic acids is 2. The molecule has 1 fully saturated rings. The van der Waals surface area contributed by atoms with Crippen molar-refractivity contribution in [1.29, 1.82) is 0 Å². The van der Waals surface area contributed by atoms with Gasteiger partial charge in [0.2, 0.25) is 0 Å². The van der Waals surface area contributed by atoms with Crippen LogP contribution in [-0.4, -0.2) is 43.7 Å². The fourth-order valence-electron chi connectivity index (χ4n) is 2.63.